The van der Waals surface area contributed by atoms with Gasteiger partial charge >= 0.3 is 5.97 Å². The van der Waals surface area contributed by atoms with Gasteiger partial charge in [-0.1, -0.05) is 60.7 Å². The summed E-state index contributed by atoms with van der Waals surface area (Å²) >= 11 is 0. The predicted molar refractivity (Wildman–Crippen MR) is 118 cm³/mol. The van der Waals surface area contributed by atoms with Crippen molar-refractivity contribution >= 4 is 21.8 Å². The Morgan fingerprint density at radius 1 is 0.781 bits per heavy atom. The molecule has 0 heterocycles. The van der Waals surface area contributed by atoms with Gasteiger partial charge in [-0.3, -0.25) is 0 Å². The Kier molecular flexibility index (Phi) is 7.91. The van der Waals surface area contributed by atoms with Gasteiger partial charge in [0.25, 0.3) is 0 Å². The lowest BCUT2D eigenvalue weighted by atomic mass is 10.2. The fourth-order valence-electron chi connectivity index (χ4n) is 3.00. The highest BCUT2D eigenvalue weighted by Gasteiger charge is 2.26. The Labute approximate surface area is 187 Å². The minimum Gasteiger partial charge on any atom is -0.545 e. The summed E-state index contributed by atoms with van der Waals surface area (Å²) in [5.41, 5.74) is 0.461. The van der Waals surface area contributed by atoms with E-state index in [4.69, 9.17) is 5.11 Å². The number of nitrogens with zero attached hydrogens (tertiary/aromatic N) is 1. The maximum absolute atomic E-state index is 12.5. The second-order valence-electron chi connectivity index (χ2n) is 8.02. The lowest BCUT2D eigenvalue weighted by Crippen LogP contribution is -2.33. The number of hydrogen-bond donors (Lipinski definition) is 1. The van der Waals surface area contributed by atoms with Gasteiger partial charge in [-0.2, -0.15) is 0 Å². The standard InChI is InChI=1S/C14H10O6S.C10H16N/c15-13(16)9-5-1-3-7-11(9)21(19,20)12-8-4-2-6-10(12)14(17)18;1-11(2,3)9-10-7-5-4-6-8-10/h1-8H,(H,15,16)(H,17,18);4-8H,9H2,1-3H3/q;+1/p-1. The molecule has 0 unspecified atom stereocenters. The lowest BCUT2D eigenvalue weighted by molar-refractivity contribution is -0.884. The minimum absolute atomic E-state index is 0.425. The van der Waals surface area contributed by atoms with Crippen LogP contribution in [0.25, 0.3) is 0 Å². The molecule has 3 rings (SSSR count). The zero-order valence-electron chi connectivity index (χ0n) is 18.1. The molecule has 0 aliphatic carbocycles. The van der Waals surface area contributed by atoms with Crippen LogP contribution in [0.1, 0.15) is 26.3 Å². The van der Waals surface area contributed by atoms with Crippen molar-refractivity contribution in [3.05, 3.63) is 95.6 Å². The highest BCUT2D eigenvalue weighted by Crippen LogP contribution is 2.26. The van der Waals surface area contributed by atoms with Crippen LogP contribution < -0.4 is 5.11 Å². The second kappa shape index (κ2) is 10.2. The summed E-state index contributed by atoms with van der Waals surface area (Å²) < 4.78 is 26.0. The summed E-state index contributed by atoms with van der Waals surface area (Å²) in [7, 11) is 2.31. The van der Waals surface area contributed by atoms with E-state index in [0.717, 1.165) is 35.3 Å². The van der Waals surface area contributed by atoms with Gasteiger partial charge in [0, 0.05) is 11.1 Å². The number of benzene rings is 3. The third-order valence-electron chi connectivity index (χ3n) is 4.30. The van der Waals surface area contributed by atoms with Crippen LogP contribution in [0.5, 0.6) is 0 Å². The largest absolute Gasteiger partial charge is 0.545 e. The maximum atomic E-state index is 12.5. The monoisotopic (exact) mass is 455 g/mol. The first-order valence-electron chi connectivity index (χ1n) is 9.65. The minimum atomic E-state index is -4.29. The average Bonchev–Trinajstić information content (AvgIpc) is 2.73. The van der Waals surface area contributed by atoms with Gasteiger partial charge in [-0.05, 0) is 18.2 Å². The van der Waals surface area contributed by atoms with Gasteiger partial charge in [-0.15, -0.1) is 0 Å². The highest BCUT2D eigenvalue weighted by molar-refractivity contribution is 7.91. The number of rotatable bonds is 6. The van der Waals surface area contributed by atoms with Crippen LogP contribution in [-0.2, 0) is 16.4 Å². The summed E-state index contributed by atoms with van der Waals surface area (Å²) in [5, 5.41) is 20.1. The Hall–Kier alpha value is -3.49. The highest BCUT2D eigenvalue weighted by atomic mass is 32.2. The van der Waals surface area contributed by atoms with Crippen molar-refractivity contribution in [2.24, 2.45) is 0 Å². The van der Waals surface area contributed by atoms with Crippen LogP contribution in [-0.4, -0.2) is 51.1 Å². The first-order chi connectivity index (χ1) is 14.9. The predicted octanol–water partition coefficient (Wildman–Crippen LogP) is 2.47. The van der Waals surface area contributed by atoms with Gasteiger partial charge in [0.15, 0.2) is 0 Å². The molecule has 0 radical (unpaired) electrons. The smallest absolute Gasteiger partial charge is 0.337 e. The van der Waals surface area contributed by atoms with Crippen molar-refractivity contribution in [1.29, 1.82) is 0 Å². The van der Waals surface area contributed by atoms with E-state index in [9.17, 15) is 23.1 Å². The molecule has 3 aromatic carbocycles. The van der Waals surface area contributed by atoms with E-state index in [1.807, 2.05) is 0 Å². The first kappa shape index (κ1) is 24.8. The number of sulfone groups is 1. The summed E-state index contributed by atoms with van der Waals surface area (Å²) in [6, 6.07) is 20.5. The Morgan fingerprint density at radius 3 is 1.69 bits per heavy atom. The van der Waals surface area contributed by atoms with E-state index < -0.39 is 42.7 Å². The molecule has 0 saturated heterocycles. The molecule has 0 bridgehead atoms. The number of carboxylic acid groups (broad SMARTS) is 2. The number of carboxylic acids is 2. The SMILES string of the molecule is C[N+](C)(C)Cc1ccccc1.O=C([O-])c1ccccc1S(=O)(=O)c1ccccc1C(=O)O. The first-order valence-corrected chi connectivity index (χ1v) is 11.1. The third kappa shape index (κ3) is 6.50. The van der Waals surface area contributed by atoms with Crippen molar-refractivity contribution in [3.8, 4) is 0 Å². The average molecular weight is 456 g/mol. The molecule has 0 aliphatic heterocycles. The van der Waals surface area contributed by atoms with Crippen LogP contribution in [0.4, 0.5) is 0 Å². The fraction of sp³-hybridized carbons (Fsp3) is 0.167. The molecule has 3 aromatic rings. The Morgan fingerprint density at radius 2 is 1.22 bits per heavy atom. The summed E-state index contributed by atoms with van der Waals surface area (Å²) in [6.07, 6.45) is 0. The molecular formula is C24H25NO6S. The van der Waals surface area contributed by atoms with E-state index in [1.165, 1.54) is 29.8 Å². The van der Waals surface area contributed by atoms with Crippen LogP contribution in [0.3, 0.4) is 0 Å². The van der Waals surface area contributed by atoms with E-state index >= 15 is 0 Å². The zero-order valence-corrected chi connectivity index (χ0v) is 18.9. The number of hydrogen-bond acceptors (Lipinski definition) is 5. The second-order valence-corrected chi connectivity index (χ2v) is 9.91. The zero-order chi connectivity index (χ0) is 23.9. The fourth-order valence-corrected chi connectivity index (χ4v) is 4.63. The van der Waals surface area contributed by atoms with Gasteiger partial charge < -0.3 is 19.5 Å². The Bertz CT molecular complexity index is 1130. The Balaban J connectivity index is 0.000000278. The van der Waals surface area contributed by atoms with E-state index in [-0.39, 0.29) is 0 Å². The summed E-state index contributed by atoms with van der Waals surface area (Å²) in [4.78, 5) is 21.2. The van der Waals surface area contributed by atoms with Crippen LogP contribution in [0.2, 0.25) is 0 Å². The van der Waals surface area contributed by atoms with Gasteiger partial charge in [0.1, 0.15) is 6.54 Å². The summed E-state index contributed by atoms with van der Waals surface area (Å²) in [6.45, 7) is 1.10. The van der Waals surface area contributed by atoms with Crippen molar-refractivity contribution in [1.82, 2.24) is 0 Å². The number of quaternary nitrogens is 1. The molecule has 0 amide bonds. The van der Waals surface area contributed by atoms with E-state index in [1.54, 1.807) is 0 Å². The topological polar surface area (TPSA) is 112 Å². The van der Waals surface area contributed by atoms with Crippen molar-refractivity contribution in [2.75, 3.05) is 21.1 Å². The van der Waals surface area contributed by atoms with Gasteiger partial charge in [0.05, 0.1) is 42.5 Å². The molecular weight excluding hydrogens is 430 g/mol. The van der Waals surface area contributed by atoms with E-state index in [2.05, 4.69) is 51.5 Å². The van der Waals surface area contributed by atoms with Crippen molar-refractivity contribution in [2.45, 2.75) is 16.3 Å². The number of carbonyl (C=O) groups is 2. The van der Waals surface area contributed by atoms with Crippen LogP contribution >= 0.6 is 0 Å². The molecule has 0 atom stereocenters. The molecule has 0 fully saturated rings. The molecule has 168 valence electrons. The van der Waals surface area contributed by atoms with Crippen molar-refractivity contribution in [3.63, 3.8) is 0 Å². The number of aromatic carboxylic acids is 2. The van der Waals surface area contributed by atoms with Gasteiger partial charge in [0.2, 0.25) is 9.84 Å². The summed E-state index contributed by atoms with van der Waals surface area (Å²) in [5.74, 6) is -3.07. The molecule has 1 N–H and O–H groups in total. The van der Waals surface area contributed by atoms with E-state index in [0.29, 0.717) is 0 Å². The maximum Gasteiger partial charge on any atom is 0.337 e. The number of carbonyl (C=O) groups excluding carboxylic acids is 1. The van der Waals surface area contributed by atoms with Gasteiger partial charge in [-0.25, -0.2) is 13.2 Å². The lowest BCUT2D eigenvalue weighted by Gasteiger charge is -2.23. The third-order valence-corrected chi connectivity index (χ3v) is 6.17. The quantitative estimate of drug-likeness (QED) is 0.572. The molecule has 7 nitrogen and oxygen atoms in total. The molecule has 8 heteroatoms. The molecule has 0 aliphatic rings. The molecule has 0 aromatic heterocycles. The molecule has 0 saturated carbocycles. The normalized spacial score (nSPS) is 11.2. The van der Waals surface area contributed by atoms with Crippen molar-refractivity contribution < 1.29 is 32.7 Å². The molecule has 32 heavy (non-hydrogen) atoms. The molecule has 0 spiro atoms. The van der Waals surface area contributed by atoms with Crippen LogP contribution in [0.15, 0.2) is 88.7 Å². The van der Waals surface area contributed by atoms with Crippen LogP contribution in [0, 0.1) is 0 Å².